The summed E-state index contributed by atoms with van der Waals surface area (Å²) in [6.07, 6.45) is 11.1. The van der Waals surface area contributed by atoms with Crippen molar-refractivity contribution >= 4 is 11.4 Å². The minimum Gasteiger partial charge on any atom is -0.507 e. The van der Waals surface area contributed by atoms with Gasteiger partial charge in [-0.15, -0.1) is 0 Å². The second-order valence-electron chi connectivity index (χ2n) is 9.53. The predicted molar refractivity (Wildman–Crippen MR) is 142 cm³/mol. The number of aryl methyl sites for hydroxylation is 2. The van der Waals surface area contributed by atoms with Gasteiger partial charge in [0.1, 0.15) is 17.4 Å². The number of aliphatic imine (C=N–C) groups is 1. The van der Waals surface area contributed by atoms with Gasteiger partial charge in [0.05, 0.1) is 0 Å². The molecule has 182 valence electrons. The van der Waals surface area contributed by atoms with E-state index in [2.05, 4.69) is 56.3 Å². The SMILES string of the molecule is CCC1C=C(C(C)CC=C(C)c2ccccc2O)C(C)C(C)=C(CCn2ccnc2C)N=C1N. The predicted octanol–water partition coefficient (Wildman–Crippen LogP) is 6.65. The number of benzene rings is 1. The summed E-state index contributed by atoms with van der Waals surface area (Å²) < 4.78 is 2.17. The van der Waals surface area contributed by atoms with Gasteiger partial charge in [-0.2, -0.15) is 0 Å². The highest BCUT2D eigenvalue weighted by Crippen LogP contribution is 2.35. The van der Waals surface area contributed by atoms with Crippen molar-refractivity contribution in [2.45, 2.75) is 67.3 Å². The minimum absolute atomic E-state index is 0.140. The number of imidazole rings is 1. The van der Waals surface area contributed by atoms with Crippen LogP contribution in [0.1, 0.15) is 65.3 Å². The summed E-state index contributed by atoms with van der Waals surface area (Å²) in [5.41, 5.74) is 12.3. The first-order valence-electron chi connectivity index (χ1n) is 12.4. The van der Waals surface area contributed by atoms with Crippen molar-refractivity contribution in [1.29, 1.82) is 0 Å². The van der Waals surface area contributed by atoms with Gasteiger partial charge in [-0.3, -0.25) is 0 Å². The van der Waals surface area contributed by atoms with Crippen LogP contribution in [-0.4, -0.2) is 20.5 Å². The number of amidine groups is 1. The standard InChI is InChI=1S/C29H40N4O/c1-7-24-18-26(20(3)13-12-19(2)25-10-8-9-11-28(25)34)21(4)22(5)27(32-29(24)30)14-16-33-17-15-31-23(33)6/h8-12,15,17-18,20-21,24,34H,7,13-14,16H2,1-6H3,(H2,30,32). The molecule has 3 unspecified atom stereocenters. The van der Waals surface area contributed by atoms with Gasteiger partial charge in [0.15, 0.2) is 0 Å². The third kappa shape index (κ3) is 5.88. The molecule has 0 fully saturated rings. The number of aromatic hydroxyl groups is 1. The van der Waals surface area contributed by atoms with Gasteiger partial charge in [-0.1, -0.05) is 56.7 Å². The fraction of sp³-hybridized carbons (Fsp3) is 0.448. The first kappa shape index (κ1) is 25.5. The molecule has 5 nitrogen and oxygen atoms in total. The molecule has 0 bridgehead atoms. The number of phenolic OH excluding ortho intramolecular Hbond substituents is 1. The maximum Gasteiger partial charge on any atom is 0.123 e. The van der Waals surface area contributed by atoms with E-state index < -0.39 is 0 Å². The van der Waals surface area contributed by atoms with E-state index in [9.17, 15) is 5.11 Å². The molecule has 0 spiro atoms. The zero-order valence-electron chi connectivity index (χ0n) is 21.5. The second kappa shape index (κ2) is 11.4. The summed E-state index contributed by atoms with van der Waals surface area (Å²) in [7, 11) is 0. The molecule has 3 atom stereocenters. The summed E-state index contributed by atoms with van der Waals surface area (Å²) >= 11 is 0. The number of para-hydroxylation sites is 1. The smallest absolute Gasteiger partial charge is 0.123 e. The van der Waals surface area contributed by atoms with Gasteiger partial charge < -0.3 is 15.4 Å². The topological polar surface area (TPSA) is 76.4 Å². The van der Waals surface area contributed by atoms with E-state index in [4.69, 9.17) is 10.7 Å². The molecule has 3 rings (SSSR count). The maximum absolute atomic E-state index is 10.2. The van der Waals surface area contributed by atoms with Crippen LogP contribution in [0.2, 0.25) is 0 Å². The van der Waals surface area contributed by atoms with Crippen molar-refractivity contribution in [3.8, 4) is 5.75 Å². The molecule has 5 heteroatoms. The molecule has 34 heavy (non-hydrogen) atoms. The van der Waals surface area contributed by atoms with Crippen molar-refractivity contribution < 1.29 is 5.11 Å². The minimum atomic E-state index is 0.140. The molecule has 1 aliphatic heterocycles. The summed E-state index contributed by atoms with van der Waals surface area (Å²) in [5.74, 6) is 2.83. The second-order valence-corrected chi connectivity index (χ2v) is 9.53. The van der Waals surface area contributed by atoms with Gasteiger partial charge >= 0.3 is 0 Å². The quantitative estimate of drug-likeness (QED) is 0.433. The van der Waals surface area contributed by atoms with Gasteiger partial charge in [0, 0.05) is 42.5 Å². The monoisotopic (exact) mass is 460 g/mol. The summed E-state index contributed by atoms with van der Waals surface area (Å²) in [4.78, 5) is 9.26. The van der Waals surface area contributed by atoms with Crippen LogP contribution in [-0.2, 0) is 6.54 Å². The Balaban J connectivity index is 1.87. The van der Waals surface area contributed by atoms with Crippen LogP contribution in [0.25, 0.3) is 5.57 Å². The van der Waals surface area contributed by atoms with Crippen LogP contribution in [0.5, 0.6) is 5.75 Å². The van der Waals surface area contributed by atoms with Crippen molar-refractivity contribution in [3.63, 3.8) is 0 Å². The Morgan fingerprint density at radius 2 is 2.00 bits per heavy atom. The zero-order valence-corrected chi connectivity index (χ0v) is 21.5. The van der Waals surface area contributed by atoms with Gasteiger partial charge in [0.25, 0.3) is 0 Å². The average Bonchev–Trinajstić information content (AvgIpc) is 3.23. The Morgan fingerprint density at radius 1 is 1.26 bits per heavy atom. The fourth-order valence-corrected chi connectivity index (χ4v) is 4.73. The largest absolute Gasteiger partial charge is 0.507 e. The number of aromatic nitrogens is 2. The Kier molecular flexibility index (Phi) is 8.54. The normalized spacial score (nSPS) is 20.5. The van der Waals surface area contributed by atoms with E-state index in [0.717, 1.165) is 48.5 Å². The molecule has 0 radical (unpaired) electrons. The van der Waals surface area contributed by atoms with Gasteiger partial charge in [0.2, 0.25) is 0 Å². The van der Waals surface area contributed by atoms with Crippen molar-refractivity contribution in [1.82, 2.24) is 9.55 Å². The summed E-state index contributed by atoms with van der Waals surface area (Å²) in [6.45, 7) is 13.9. The summed E-state index contributed by atoms with van der Waals surface area (Å²) in [5, 5.41) is 10.2. The molecule has 0 amide bonds. The number of phenols is 1. The Morgan fingerprint density at radius 3 is 2.65 bits per heavy atom. The molecule has 0 saturated heterocycles. The highest BCUT2D eigenvalue weighted by atomic mass is 16.3. The van der Waals surface area contributed by atoms with Crippen molar-refractivity contribution in [3.05, 3.63) is 77.0 Å². The fourth-order valence-electron chi connectivity index (χ4n) is 4.73. The van der Waals surface area contributed by atoms with Crippen molar-refractivity contribution in [2.75, 3.05) is 0 Å². The van der Waals surface area contributed by atoms with Crippen LogP contribution in [0.15, 0.2) is 70.6 Å². The zero-order chi connectivity index (χ0) is 24.8. The molecule has 2 heterocycles. The maximum atomic E-state index is 10.2. The molecule has 2 aromatic rings. The highest BCUT2D eigenvalue weighted by molar-refractivity contribution is 5.85. The van der Waals surface area contributed by atoms with Gasteiger partial charge in [-0.25, -0.2) is 9.98 Å². The molecule has 1 aromatic carbocycles. The number of rotatable bonds is 8. The number of nitrogens with zero attached hydrogens (tertiary/aromatic N) is 3. The lowest BCUT2D eigenvalue weighted by molar-refractivity contribution is 0.473. The van der Waals surface area contributed by atoms with Crippen LogP contribution >= 0.6 is 0 Å². The number of hydrogen-bond acceptors (Lipinski definition) is 4. The number of hydrogen-bond donors (Lipinski definition) is 2. The van der Waals surface area contributed by atoms with E-state index in [1.165, 1.54) is 11.1 Å². The Hall–Kier alpha value is -3.08. The van der Waals surface area contributed by atoms with E-state index in [1.54, 1.807) is 6.07 Å². The van der Waals surface area contributed by atoms with E-state index in [-0.39, 0.29) is 5.92 Å². The highest BCUT2D eigenvalue weighted by Gasteiger charge is 2.24. The lowest BCUT2D eigenvalue weighted by Crippen LogP contribution is -2.26. The van der Waals surface area contributed by atoms with Gasteiger partial charge in [-0.05, 0) is 62.7 Å². The molecule has 1 aliphatic rings. The van der Waals surface area contributed by atoms with E-state index in [0.29, 0.717) is 23.4 Å². The first-order valence-corrected chi connectivity index (χ1v) is 12.4. The van der Waals surface area contributed by atoms with E-state index >= 15 is 0 Å². The molecule has 0 aliphatic carbocycles. The van der Waals surface area contributed by atoms with Crippen LogP contribution < -0.4 is 5.73 Å². The average molecular weight is 461 g/mol. The Labute approximate surface area is 204 Å². The van der Waals surface area contributed by atoms with Crippen molar-refractivity contribution in [2.24, 2.45) is 28.5 Å². The lowest BCUT2D eigenvalue weighted by Gasteiger charge is -2.28. The molecular formula is C29H40N4O. The molecule has 3 N–H and O–H groups in total. The molecule has 0 saturated carbocycles. The van der Waals surface area contributed by atoms with E-state index in [1.807, 2.05) is 37.5 Å². The number of nitrogens with two attached hydrogens (primary N) is 1. The summed E-state index contributed by atoms with van der Waals surface area (Å²) in [6, 6.07) is 7.52. The lowest BCUT2D eigenvalue weighted by atomic mass is 9.79. The third-order valence-corrected chi connectivity index (χ3v) is 7.27. The number of allylic oxidation sites excluding steroid dienone is 5. The third-order valence-electron chi connectivity index (χ3n) is 7.27. The van der Waals surface area contributed by atoms with Crippen LogP contribution in [0.4, 0.5) is 0 Å². The first-order chi connectivity index (χ1) is 16.2. The molecule has 1 aromatic heterocycles. The van der Waals surface area contributed by atoms with Crippen LogP contribution in [0, 0.1) is 24.7 Å². The van der Waals surface area contributed by atoms with Crippen LogP contribution in [0.3, 0.4) is 0 Å². The molecular weight excluding hydrogens is 420 g/mol. The Bertz CT molecular complexity index is 1120.